The number of nitrogens with one attached hydrogen (secondary N) is 2. The van der Waals surface area contributed by atoms with Crippen LogP contribution >= 0.6 is 23.2 Å². The second-order valence-corrected chi connectivity index (χ2v) is 7.37. The number of hydrogen-bond donors (Lipinski definition) is 2. The van der Waals surface area contributed by atoms with Gasteiger partial charge in [-0.2, -0.15) is 5.10 Å². The molecule has 0 aliphatic rings. The number of esters is 1. The highest BCUT2D eigenvalue weighted by atomic mass is 35.5. The van der Waals surface area contributed by atoms with Crippen LogP contribution in [0.1, 0.15) is 15.9 Å². The number of nitrogens with zero attached hydrogens (tertiary/aromatic N) is 1. The molecular weight excluding hydrogens is 469 g/mol. The highest BCUT2D eigenvalue weighted by Crippen LogP contribution is 2.22. The van der Waals surface area contributed by atoms with E-state index in [1.165, 1.54) is 31.5 Å². The zero-order valence-corrected chi connectivity index (χ0v) is 18.7. The first-order valence-corrected chi connectivity index (χ1v) is 10.2. The molecule has 0 saturated carbocycles. The van der Waals surface area contributed by atoms with Crippen molar-refractivity contribution < 1.29 is 23.9 Å². The number of rotatable bonds is 6. The lowest BCUT2D eigenvalue weighted by Gasteiger charge is -2.06. The summed E-state index contributed by atoms with van der Waals surface area (Å²) in [6.07, 6.45) is 1.30. The Morgan fingerprint density at radius 3 is 2.24 bits per heavy atom. The standard InChI is InChI=1S/C23H17Cl2N3O5/c1-32-19-7-5-15(6-8-19)23(31)33-20-4-2-3-14(9-20)13-26-28-22(30)21(29)27-18-11-16(24)10-17(25)12-18/h2-13H,1H3,(H,27,29)(H,28,30)/b26-13+. The van der Waals surface area contributed by atoms with E-state index in [1.807, 2.05) is 0 Å². The summed E-state index contributed by atoms with van der Waals surface area (Å²) in [6, 6.07) is 17.3. The average Bonchev–Trinajstić information content (AvgIpc) is 2.78. The zero-order chi connectivity index (χ0) is 23.8. The summed E-state index contributed by atoms with van der Waals surface area (Å²) in [6.45, 7) is 0. The van der Waals surface area contributed by atoms with Gasteiger partial charge >= 0.3 is 17.8 Å². The van der Waals surface area contributed by atoms with Crippen molar-refractivity contribution in [3.8, 4) is 11.5 Å². The van der Waals surface area contributed by atoms with Crippen molar-refractivity contribution in [3.05, 3.63) is 87.9 Å². The third kappa shape index (κ3) is 7.06. The molecule has 0 bridgehead atoms. The summed E-state index contributed by atoms with van der Waals surface area (Å²) in [4.78, 5) is 36.2. The fourth-order valence-corrected chi connectivity index (χ4v) is 3.11. The Morgan fingerprint density at radius 1 is 0.879 bits per heavy atom. The Hall–Kier alpha value is -3.88. The number of carbonyl (C=O) groups is 3. The van der Waals surface area contributed by atoms with E-state index in [4.69, 9.17) is 32.7 Å². The van der Waals surface area contributed by atoms with Crippen LogP contribution in [-0.2, 0) is 9.59 Å². The molecule has 3 aromatic rings. The molecule has 0 heterocycles. The molecule has 0 spiro atoms. The van der Waals surface area contributed by atoms with E-state index in [0.29, 0.717) is 26.9 Å². The second kappa shape index (κ2) is 11.1. The van der Waals surface area contributed by atoms with Gasteiger partial charge in [-0.1, -0.05) is 35.3 Å². The van der Waals surface area contributed by atoms with E-state index in [1.54, 1.807) is 48.5 Å². The lowest BCUT2D eigenvalue weighted by Crippen LogP contribution is -2.32. The fraction of sp³-hybridized carbons (Fsp3) is 0.0435. The third-order valence-corrected chi connectivity index (χ3v) is 4.54. The molecule has 0 radical (unpaired) electrons. The molecule has 10 heteroatoms. The minimum atomic E-state index is -0.996. The number of halogens is 2. The zero-order valence-electron chi connectivity index (χ0n) is 17.2. The molecule has 3 rings (SSSR count). The second-order valence-electron chi connectivity index (χ2n) is 6.50. The van der Waals surface area contributed by atoms with Gasteiger partial charge in [-0.15, -0.1) is 0 Å². The van der Waals surface area contributed by atoms with Gasteiger partial charge in [0.25, 0.3) is 0 Å². The lowest BCUT2D eigenvalue weighted by molar-refractivity contribution is -0.136. The number of hydrogen-bond acceptors (Lipinski definition) is 6. The van der Waals surface area contributed by atoms with Crippen molar-refractivity contribution >= 4 is 52.9 Å². The van der Waals surface area contributed by atoms with Gasteiger partial charge in [0, 0.05) is 15.7 Å². The van der Waals surface area contributed by atoms with Crippen molar-refractivity contribution in [2.45, 2.75) is 0 Å². The van der Waals surface area contributed by atoms with Crippen molar-refractivity contribution in [3.63, 3.8) is 0 Å². The summed E-state index contributed by atoms with van der Waals surface area (Å²) in [5, 5.41) is 6.73. The number of hydrazone groups is 1. The van der Waals surface area contributed by atoms with Crippen LogP contribution < -0.4 is 20.2 Å². The Bertz CT molecular complexity index is 1190. The van der Waals surface area contributed by atoms with Crippen LogP contribution in [0.5, 0.6) is 11.5 Å². The van der Waals surface area contributed by atoms with Gasteiger partial charge in [0.05, 0.1) is 18.9 Å². The van der Waals surface area contributed by atoms with Gasteiger partial charge < -0.3 is 14.8 Å². The van der Waals surface area contributed by atoms with Gasteiger partial charge in [0.2, 0.25) is 0 Å². The van der Waals surface area contributed by atoms with Crippen LogP contribution in [0.2, 0.25) is 10.0 Å². The van der Waals surface area contributed by atoms with E-state index in [2.05, 4.69) is 15.8 Å². The van der Waals surface area contributed by atoms with Crippen molar-refractivity contribution in [2.24, 2.45) is 5.10 Å². The Morgan fingerprint density at radius 2 is 1.58 bits per heavy atom. The topological polar surface area (TPSA) is 106 Å². The smallest absolute Gasteiger partial charge is 0.343 e. The predicted molar refractivity (Wildman–Crippen MR) is 125 cm³/mol. The van der Waals surface area contributed by atoms with Crippen molar-refractivity contribution in [1.82, 2.24) is 5.43 Å². The average molecular weight is 486 g/mol. The van der Waals surface area contributed by atoms with Gasteiger partial charge in [-0.05, 0) is 60.2 Å². The van der Waals surface area contributed by atoms with E-state index < -0.39 is 17.8 Å². The van der Waals surface area contributed by atoms with Crippen molar-refractivity contribution in [1.29, 1.82) is 0 Å². The molecule has 0 aliphatic carbocycles. The van der Waals surface area contributed by atoms with Crippen molar-refractivity contribution in [2.75, 3.05) is 12.4 Å². The Labute approximate surface area is 199 Å². The normalized spacial score (nSPS) is 10.5. The monoisotopic (exact) mass is 485 g/mol. The summed E-state index contributed by atoms with van der Waals surface area (Å²) in [5.41, 5.74) is 3.26. The number of ether oxygens (including phenoxy) is 2. The van der Waals surface area contributed by atoms with E-state index in [0.717, 1.165) is 0 Å². The minimum absolute atomic E-state index is 0.267. The molecule has 0 atom stereocenters. The van der Waals surface area contributed by atoms with Crippen LogP contribution in [0.15, 0.2) is 71.8 Å². The molecule has 2 N–H and O–H groups in total. The van der Waals surface area contributed by atoms with Crippen LogP contribution in [0, 0.1) is 0 Å². The molecule has 168 valence electrons. The van der Waals surface area contributed by atoms with Gasteiger partial charge in [0.1, 0.15) is 11.5 Å². The van der Waals surface area contributed by atoms with E-state index >= 15 is 0 Å². The molecule has 0 unspecified atom stereocenters. The quantitative estimate of drug-likeness (QED) is 0.178. The van der Waals surface area contributed by atoms with Crippen LogP contribution in [0.3, 0.4) is 0 Å². The predicted octanol–water partition coefficient (Wildman–Crippen LogP) is 4.31. The molecule has 0 aliphatic heterocycles. The van der Waals surface area contributed by atoms with Gasteiger partial charge in [-0.3, -0.25) is 9.59 Å². The maximum Gasteiger partial charge on any atom is 0.343 e. The molecule has 0 aromatic heterocycles. The summed E-state index contributed by atoms with van der Waals surface area (Å²) in [7, 11) is 1.53. The molecular formula is C23H17Cl2N3O5. The first-order valence-electron chi connectivity index (χ1n) is 9.41. The fourth-order valence-electron chi connectivity index (χ4n) is 2.58. The first-order chi connectivity index (χ1) is 15.8. The van der Waals surface area contributed by atoms with Crippen LogP contribution in [0.25, 0.3) is 0 Å². The van der Waals surface area contributed by atoms with E-state index in [9.17, 15) is 14.4 Å². The largest absolute Gasteiger partial charge is 0.497 e. The highest BCUT2D eigenvalue weighted by Gasteiger charge is 2.14. The third-order valence-electron chi connectivity index (χ3n) is 4.10. The summed E-state index contributed by atoms with van der Waals surface area (Å²) >= 11 is 11.7. The highest BCUT2D eigenvalue weighted by molar-refractivity contribution is 6.40. The van der Waals surface area contributed by atoms with Crippen LogP contribution in [-0.4, -0.2) is 31.1 Å². The number of amides is 2. The Kier molecular flexibility index (Phi) is 8.01. The number of anilines is 1. The van der Waals surface area contributed by atoms with Gasteiger partial charge in [-0.25, -0.2) is 10.2 Å². The maximum absolute atomic E-state index is 12.3. The Balaban J connectivity index is 1.56. The molecule has 3 aromatic carbocycles. The maximum atomic E-state index is 12.3. The van der Waals surface area contributed by atoms with Gasteiger partial charge in [0.15, 0.2) is 0 Å². The summed E-state index contributed by atoms with van der Waals surface area (Å²) in [5.74, 6) is -1.59. The first kappa shape index (κ1) is 23.8. The lowest BCUT2D eigenvalue weighted by atomic mass is 10.2. The molecule has 0 saturated heterocycles. The SMILES string of the molecule is COc1ccc(C(=O)Oc2cccc(/C=N/NC(=O)C(=O)Nc3cc(Cl)cc(Cl)c3)c2)cc1. The number of methoxy groups -OCH3 is 1. The molecule has 8 nitrogen and oxygen atoms in total. The number of carbonyl (C=O) groups excluding carboxylic acids is 3. The van der Waals surface area contributed by atoms with Crippen LogP contribution in [0.4, 0.5) is 5.69 Å². The summed E-state index contributed by atoms with van der Waals surface area (Å²) < 4.78 is 10.4. The number of benzene rings is 3. The van der Waals surface area contributed by atoms with E-state index in [-0.39, 0.29) is 11.4 Å². The molecule has 33 heavy (non-hydrogen) atoms. The molecule has 2 amide bonds. The minimum Gasteiger partial charge on any atom is -0.497 e. The molecule has 0 fully saturated rings.